The fourth-order valence-electron chi connectivity index (χ4n) is 1.35. The SMILES string of the molecule is Nc1ncnc2nc(-c3cccnc3)nn12. The maximum absolute atomic E-state index is 5.64. The zero-order valence-electron chi connectivity index (χ0n) is 8.15. The molecule has 3 heterocycles. The molecule has 2 N–H and O–H groups in total. The molecule has 0 radical (unpaired) electrons. The summed E-state index contributed by atoms with van der Waals surface area (Å²) in [6.07, 6.45) is 4.72. The standard InChI is InChI=1S/C9H7N7/c10-8-12-5-13-9-14-7(15-16(8)9)6-2-1-3-11-4-6/h1-5H,(H2,10,12,13,14,15). The van der Waals surface area contributed by atoms with Gasteiger partial charge in [-0.15, -0.1) is 5.10 Å². The number of aromatic nitrogens is 6. The summed E-state index contributed by atoms with van der Waals surface area (Å²) in [4.78, 5) is 16.0. The van der Waals surface area contributed by atoms with Crippen LogP contribution < -0.4 is 5.73 Å². The Balaban J connectivity index is 2.23. The second-order valence-electron chi connectivity index (χ2n) is 3.12. The first-order chi connectivity index (χ1) is 7.84. The van der Waals surface area contributed by atoms with E-state index in [2.05, 4.69) is 25.0 Å². The average molecular weight is 213 g/mol. The summed E-state index contributed by atoms with van der Waals surface area (Å²) >= 11 is 0. The highest BCUT2D eigenvalue weighted by molar-refractivity contribution is 5.55. The molecule has 0 aliphatic carbocycles. The molecular formula is C9H7N7. The van der Waals surface area contributed by atoms with E-state index in [9.17, 15) is 0 Å². The summed E-state index contributed by atoms with van der Waals surface area (Å²) in [5.74, 6) is 1.21. The minimum atomic E-state index is 0.257. The van der Waals surface area contributed by atoms with Crippen LogP contribution in [0.4, 0.5) is 5.95 Å². The fraction of sp³-hybridized carbons (Fsp3) is 0. The van der Waals surface area contributed by atoms with Crippen molar-refractivity contribution in [3.63, 3.8) is 0 Å². The van der Waals surface area contributed by atoms with Gasteiger partial charge >= 0.3 is 0 Å². The van der Waals surface area contributed by atoms with Crippen LogP contribution in [0.25, 0.3) is 17.2 Å². The van der Waals surface area contributed by atoms with Crippen molar-refractivity contribution in [3.8, 4) is 11.4 Å². The lowest BCUT2D eigenvalue weighted by molar-refractivity contribution is 0.910. The Morgan fingerprint density at radius 3 is 2.94 bits per heavy atom. The van der Waals surface area contributed by atoms with Crippen LogP contribution >= 0.6 is 0 Å². The van der Waals surface area contributed by atoms with Crippen molar-refractivity contribution in [1.29, 1.82) is 0 Å². The zero-order valence-corrected chi connectivity index (χ0v) is 8.15. The normalized spacial score (nSPS) is 10.8. The third kappa shape index (κ3) is 1.26. The van der Waals surface area contributed by atoms with Gasteiger partial charge in [-0.3, -0.25) is 4.98 Å². The maximum Gasteiger partial charge on any atom is 0.257 e. The van der Waals surface area contributed by atoms with Crippen molar-refractivity contribution in [2.75, 3.05) is 5.73 Å². The number of nitrogen functional groups attached to an aromatic ring is 1. The van der Waals surface area contributed by atoms with Crippen LogP contribution in [0.15, 0.2) is 30.9 Å². The first kappa shape index (κ1) is 8.72. The Morgan fingerprint density at radius 2 is 2.19 bits per heavy atom. The number of fused-ring (bicyclic) bond motifs is 1. The van der Waals surface area contributed by atoms with Crippen LogP contribution in [0.3, 0.4) is 0 Å². The summed E-state index contributed by atoms with van der Waals surface area (Å²) in [5.41, 5.74) is 6.45. The molecule has 0 saturated heterocycles. The highest BCUT2D eigenvalue weighted by Gasteiger charge is 2.08. The molecule has 0 aromatic carbocycles. The molecule has 0 bridgehead atoms. The predicted octanol–water partition coefficient (Wildman–Crippen LogP) is 0.163. The van der Waals surface area contributed by atoms with Gasteiger partial charge in [0, 0.05) is 18.0 Å². The molecule has 0 spiro atoms. The number of nitrogens with zero attached hydrogens (tertiary/aromatic N) is 6. The van der Waals surface area contributed by atoms with Crippen molar-refractivity contribution >= 4 is 11.7 Å². The van der Waals surface area contributed by atoms with Gasteiger partial charge in [-0.1, -0.05) is 0 Å². The van der Waals surface area contributed by atoms with Crippen molar-refractivity contribution < 1.29 is 0 Å². The average Bonchev–Trinajstić information content (AvgIpc) is 2.76. The van der Waals surface area contributed by atoms with Crippen LogP contribution in [-0.4, -0.2) is 29.5 Å². The molecule has 7 nitrogen and oxygen atoms in total. The molecule has 0 atom stereocenters. The lowest BCUT2D eigenvalue weighted by Crippen LogP contribution is -2.02. The van der Waals surface area contributed by atoms with Gasteiger partial charge < -0.3 is 5.73 Å². The molecule has 3 aromatic rings. The van der Waals surface area contributed by atoms with Crippen LogP contribution in [0.5, 0.6) is 0 Å². The van der Waals surface area contributed by atoms with E-state index < -0.39 is 0 Å². The Morgan fingerprint density at radius 1 is 1.25 bits per heavy atom. The van der Waals surface area contributed by atoms with E-state index in [1.54, 1.807) is 12.4 Å². The van der Waals surface area contributed by atoms with Crippen LogP contribution in [0.2, 0.25) is 0 Å². The van der Waals surface area contributed by atoms with E-state index in [1.807, 2.05) is 12.1 Å². The minimum Gasteiger partial charge on any atom is -0.368 e. The second-order valence-corrected chi connectivity index (χ2v) is 3.12. The van der Waals surface area contributed by atoms with Crippen molar-refractivity contribution in [2.45, 2.75) is 0 Å². The molecule has 0 aliphatic rings. The van der Waals surface area contributed by atoms with Gasteiger partial charge in [0.2, 0.25) is 5.95 Å². The Bertz CT molecular complexity index is 631. The van der Waals surface area contributed by atoms with Gasteiger partial charge in [-0.05, 0) is 12.1 Å². The number of rotatable bonds is 1. The highest BCUT2D eigenvalue weighted by atomic mass is 15.4. The van der Waals surface area contributed by atoms with E-state index in [4.69, 9.17) is 5.73 Å². The molecule has 0 saturated carbocycles. The van der Waals surface area contributed by atoms with Crippen LogP contribution in [0.1, 0.15) is 0 Å². The largest absolute Gasteiger partial charge is 0.368 e. The van der Waals surface area contributed by atoms with Crippen molar-refractivity contribution in [2.24, 2.45) is 0 Å². The molecule has 0 amide bonds. The first-order valence-electron chi connectivity index (χ1n) is 4.58. The number of hydrogen-bond acceptors (Lipinski definition) is 6. The second kappa shape index (κ2) is 3.23. The van der Waals surface area contributed by atoms with E-state index in [0.29, 0.717) is 11.6 Å². The highest BCUT2D eigenvalue weighted by Crippen LogP contribution is 2.13. The topological polar surface area (TPSA) is 94.9 Å². The Labute approximate surface area is 90.0 Å². The quantitative estimate of drug-likeness (QED) is 0.618. The molecule has 3 aromatic heterocycles. The molecule has 0 aliphatic heterocycles. The molecular weight excluding hydrogens is 206 g/mol. The lowest BCUT2D eigenvalue weighted by Gasteiger charge is -1.92. The van der Waals surface area contributed by atoms with Gasteiger partial charge in [-0.25, -0.2) is 4.98 Å². The number of anilines is 1. The van der Waals surface area contributed by atoms with Gasteiger partial charge in [0.15, 0.2) is 5.82 Å². The maximum atomic E-state index is 5.64. The predicted molar refractivity (Wildman–Crippen MR) is 56.2 cm³/mol. The van der Waals surface area contributed by atoms with Gasteiger partial charge in [0.25, 0.3) is 5.78 Å². The molecule has 78 valence electrons. The van der Waals surface area contributed by atoms with E-state index in [1.165, 1.54) is 10.8 Å². The van der Waals surface area contributed by atoms with Crippen LogP contribution in [-0.2, 0) is 0 Å². The monoisotopic (exact) mass is 213 g/mol. The number of pyridine rings is 1. The molecule has 3 rings (SSSR count). The summed E-state index contributed by atoms with van der Waals surface area (Å²) < 4.78 is 1.39. The molecule has 16 heavy (non-hydrogen) atoms. The van der Waals surface area contributed by atoms with E-state index >= 15 is 0 Å². The summed E-state index contributed by atoms with van der Waals surface area (Å²) in [6.45, 7) is 0. The minimum absolute atomic E-state index is 0.257. The number of nitrogens with two attached hydrogens (primary N) is 1. The third-order valence-corrected chi connectivity index (χ3v) is 2.09. The fourth-order valence-corrected chi connectivity index (χ4v) is 1.35. The summed E-state index contributed by atoms with van der Waals surface area (Å²) in [7, 11) is 0. The van der Waals surface area contributed by atoms with Gasteiger partial charge in [-0.2, -0.15) is 14.5 Å². The van der Waals surface area contributed by atoms with E-state index in [-0.39, 0.29) is 5.95 Å². The van der Waals surface area contributed by atoms with Crippen molar-refractivity contribution in [1.82, 2.24) is 29.5 Å². The molecule has 0 unspecified atom stereocenters. The van der Waals surface area contributed by atoms with E-state index in [0.717, 1.165) is 5.56 Å². The smallest absolute Gasteiger partial charge is 0.257 e. The third-order valence-electron chi connectivity index (χ3n) is 2.09. The van der Waals surface area contributed by atoms with Gasteiger partial charge in [0.1, 0.15) is 6.33 Å². The molecule has 7 heteroatoms. The number of hydrogen-bond donors (Lipinski definition) is 1. The summed E-state index contributed by atoms with van der Waals surface area (Å²) in [6, 6.07) is 3.68. The zero-order chi connectivity index (χ0) is 11.0. The van der Waals surface area contributed by atoms with Gasteiger partial charge in [0.05, 0.1) is 0 Å². The Kier molecular flexibility index (Phi) is 1.76. The van der Waals surface area contributed by atoms with Crippen molar-refractivity contribution in [3.05, 3.63) is 30.9 Å². The Hall–Kier alpha value is -2.57. The summed E-state index contributed by atoms with van der Waals surface area (Å²) in [5, 5.41) is 4.20. The molecule has 0 fully saturated rings. The first-order valence-corrected chi connectivity index (χ1v) is 4.58. The van der Waals surface area contributed by atoms with Crippen LogP contribution in [0, 0.1) is 0 Å². The lowest BCUT2D eigenvalue weighted by atomic mass is 10.3.